The summed E-state index contributed by atoms with van der Waals surface area (Å²) in [6.07, 6.45) is 1.89. The molecule has 1 aromatic heterocycles. The lowest BCUT2D eigenvalue weighted by molar-refractivity contribution is 0.412. The normalized spacial score (nSPS) is 12.2. The van der Waals surface area contributed by atoms with E-state index in [2.05, 4.69) is 33.2 Å². The van der Waals surface area contributed by atoms with E-state index in [4.69, 9.17) is 4.74 Å². The second-order valence-electron chi connectivity index (χ2n) is 3.62. The summed E-state index contributed by atoms with van der Waals surface area (Å²) in [5, 5.41) is 3.42. The van der Waals surface area contributed by atoms with E-state index in [1.54, 1.807) is 18.4 Å². The number of hydrogen-bond donors (Lipinski definition) is 1. The fourth-order valence-corrected chi connectivity index (χ4v) is 2.55. The molecule has 0 saturated heterocycles. The molecule has 0 bridgehead atoms. The Kier molecular flexibility index (Phi) is 4.02. The zero-order chi connectivity index (χ0) is 12.3. The Labute approximate surface area is 113 Å². The van der Waals surface area contributed by atoms with Crippen LogP contribution in [0.5, 0.6) is 5.75 Å². The Balaban J connectivity index is 2.13. The summed E-state index contributed by atoms with van der Waals surface area (Å²) in [5.41, 5.74) is 2.88. The van der Waals surface area contributed by atoms with Crippen molar-refractivity contribution in [3.05, 3.63) is 39.3 Å². The summed E-state index contributed by atoms with van der Waals surface area (Å²) in [6, 6.07) is 6.21. The second-order valence-corrected chi connectivity index (χ2v) is 5.39. The van der Waals surface area contributed by atoms with E-state index >= 15 is 0 Å². The molecular weight excluding hydrogens is 300 g/mol. The molecule has 1 heterocycles. The second kappa shape index (κ2) is 5.51. The topological polar surface area (TPSA) is 34.1 Å². The van der Waals surface area contributed by atoms with Gasteiger partial charge in [-0.3, -0.25) is 4.98 Å². The summed E-state index contributed by atoms with van der Waals surface area (Å²) in [4.78, 5) is 5.29. The molecule has 1 unspecified atom stereocenters. The Hall–Kier alpha value is -1.07. The third-order valence-corrected chi connectivity index (χ3v) is 4.03. The van der Waals surface area contributed by atoms with Gasteiger partial charge in [0.15, 0.2) is 0 Å². The molecule has 0 amide bonds. The van der Waals surface area contributed by atoms with Crippen molar-refractivity contribution in [3.63, 3.8) is 0 Å². The minimum Gasteiger partial charge on any atom is -0.495 e. The third kappa shape index (κ3) is 2.98. The number of ether oxygens (including phenoxy) is 1. The zero-order valence-corrected chi connectivity index (χ0v) is 12.0. The van der Waals surface area contributed by atoms with Crippen LogP contribution in [0, 0.1) is 0 Å². The van der Waals surface area contributed by atoms with E-state index in [9.17, 15) is 0 Å². The van der Waals surface area contributed by atoms with E-state index < -0.39 is 0 Å². The Morgan fingerprint density at radius 2 is 2.29 bits per heavy atom. The molecule has 1 aromatic carbocycles. The first kappa shape index (κ1) is 12.4. The quantitative estimate of drug-likeness (QED) is 0.923. The van der Waals surface area contributed by atoms with Gasteiger partial charge in [-0.25, -0.2) is 0 Å². The van der Waals surface area contributed by atoms with Crippen molar-refractivity contribution in [2.75, 3.05) is 12.4 Å². The van der Waals surface area contributed by atoms with E-state index in [0.717, 1.165) is 15.9 Å². The molecule has 17 heavy (non-hydrogen) atoms. The number of aromatic nitrogens is 1. The molecule has 1 N–H and O–H groups in total. The molecule has 0 fully saturated rings. The van der Waals surface area contributed by atoms with Gasteiger partial charge >= 0.3 is 0 Å². The predicted octanol–water partition coefficient (Wildman–Crippen LogP) is 4.09. The average Bonchev–Trinajstić information content (AvgIpc) is 2.85. The summed E-state index contributed by atoms with van der Waals surface area (Å²) < 4.78 is 6.22. The smallest absolute Gasteiger partial charge is 0.135 e. The molecular formula is C12H13BrN2OS. The SMILES string of the molecule is COc1cc(NC(C)c2cncs2)ccc1Br. The number of benzene rings is 1. The first-order valence-electron chi connectivity index (χ1n) is 5.19. The van der Waals surface area contributed by atoms with Crippen LogP contribution in [0.2, 0.25) is 0 Å². The number of thiazole rings is 1. The van der Waals surface area contributed by atoms with Crippen molar-refractivity contribution in [1.82, 2.24) is 4.98 Å². The fourth-order valence-electron chi connectivity index (χ4n) is 1.51. The predicted molar refractivity (Wildman–Crippen MR) is 74.8 cm³/mol. The highest BCUT2D eigenvalue weighted by Crippen LogP contribution is 2.30. The summed E-state index contributed by atoms with van der Waals surface area (Å²) in [6.45, 7) is 2.11. The number of anilines is 1. The number of nitrogens with one attached hydrogen (secondary N) is 1. The van der Waals surface area contributed by atoms with Crippen LogP contribution in [0.3, 0.4) is 0 Å². The van der Waals surface area contributed by atoms with E-state index in [1.807, 2.05) is 29.9 Å². The highest BCUT2D eigenvalue weighted by molar-refractivity contribution is 9.10. The van der Waals surface area contributed by atoms with Gasteiger partial charge in [0, 0.05) is 22.8 Å². The summed E-state index contributed by atoms with van der Waals surface area (Å²) in [7, 11) is 1.66. The molecule has 2 rings (SSSR count). The molecule has 1 atom stereocenters. The molecule has 5 heteroatoms. The number of rotatable bonds is 4. The van der Waals surface area contributed by atoms with Gasteiger partial charge in [-0.15, -0.1) is 11.3 Å². The van der Waals surface area contributed by atoms with Gasteiger partial charge in [0.05, 0.1) is 23.1 Å². The minimum absolute atomic E-state index is 0.244. The average molecular weight is 313 g/mol. The molecule has 0 aliphatic heterocycles. The van der Waals surface area contributed by atoms with Gasteiger partial charge in [-0.2, -0.15) is 0 Å². The summed E-state index contributed by atoms with van der Waals surface area (Å²) in [5.74, 6) is 0.825. The van der Waals surface area contributed by atoms with Crippen LogP contribution in [0.25, 0.3) is 0 Å². The zero-order valence-electron chi connectivity index (χ0n) is 9.61. The lowest BCUT2D eigenvalue weighted by atomic mass is 10.2. The largest absolute Gasteiger partial charge is 0.495 e. The van der Waals surface area contributed by atoms with E-state index in [-0.39, 0.29) is 6.04 Å². The molecule has 0 saturated carbocycles. The lowest BCUT2D eigenvalue weighted by Crippen LogP contribution is -2.04. The standard InChI is InChI=1S/C12H13BrN2OS/c1-8(12-6-14-7-17-12)15-9-3-4-10(13)11(5-9)16-2/h3-8,15H,1-2H3. The monoisotopic (exact) mass is 312 g/mol. The number of halogens is 1. The number of methoxy groups -OCH3 is 1. The van der Waals surface area contributed by atoms with Crippen LogP contribution in [-0.2, 0) is 0 Å². The van der Waals surface area contributed by atoms with E-state index in [0.29, 0.717) is 0 Å². The first-order valence-corrected chi connectivity index (χ1v) is 6.86. The van der Waals surface area contributed by atoms with E-state index in [1.165, 1.54) is 4.88 Å². The third-order valence-electron chi connectivity index (χ3n) is 2.41. The van der Waals surface area contributed by atoms with Crippen LogP contribution in [0.4, 0.5) is 5.69 Å². The maximum Gasteiger partial charge on any atom is 0.135 e. The van der Waals surface area contributed by atoms with Crippen LogP contribution >= 0.6 is 27.3 Å². The van der Waals surface area contributed by atoms with Gasteiger partial charge in [0.2, 0.25) is 0 Å². The van der Waals surface area contributed by atoms with Crippen molar-refractivity contribution in [3.8, 4) is 5.75 Å². The van der Waals surface area contributed by atoms with Crippen molar-refractivity contribution in [2.24, 2.45) is 0 Å². The van der Waals surface area contributed by atoms with Crippen molar-refractivity contribution in [2.45, 2.75) is 13.0 Å². The molecule has 0 radical (unpaired) electrons. The van der Waals surface area contributed by atoms with Crippen LogP contribution in [-0.4, -0.2) is 12.1 Å². The highest BCUT2D eigenvalue weighted by atomic mass is 79.9. The van der Waals surface area contributed by atoms with Gasteiger partial charge in [-0.1, -0.05) is 0 Å². The molecule has 90 valence electrons. The minimum atomic E-state index is 0.244. The van der Waals surface area contributed by atoms with Crippen molar-refractivity contribution in [1.29, 1.82) is 0 Å². The van der Waals surface area contributed by atoms with Gasteiger partial charge in [0.1, 0.15) is 5.75 Å². The first-order chi connectivity index (χ1) is 8.20. The van der Waals surface area contributed by atoms with Crippen LogP contribution in [0.1, 0.15) is 17.8 Å². The van der Waals surface area contributed by atoms with Gasteiger partial charge < -0.3 is 10.1 Å². The van der Waals surface area contributed by atoms with Gasteiger partial charge in [-0.05, 0) is 35.0 Å². The van der Waals surface area contributed by atoms with Crippen LogP contribution in [0.15, 0.2) is 34.4 Å². The molecule has 0 aliphatic rings. The maximum absolute atomic E-state index is 5.26. The molecule has 3 nitrogen and oxygen atoms in total. The molecule has 0 spiro atoms. The van der Waals surface area contributed by atoms with Crippen molar-refractivity contribution >= 4 is 33.0 Å². The molecule has 2 aromatic rings. The Morgan fingerprint density at radius 1 is 1.47 bits per heavy atom. The summed E-state index contributed by atoms with van der Waals surface area (Å²) >= 11 is 5.08. The molecule has 0 aliphatic carbocycles. The van der Waals surface area contributed by atoms with Crippen LogP contribution < -0.4 is 10.1 Å². The number of nitrogens with zero attached hydrogens (tertiary/aromatic N) is 1. The fraction of sp³-hybridized carbons (Fsp3) is 0.250. The van der Waals surface area contributed by atoms with Crippen molar-refractivity contribution < 1.29 is 4.74 Å². The highest BCUT2D eigenvalue weighted by Gasteiger charge is 2.08. The Morgan fingerprint density at radius 3 is 2.94 bits per heavy atom. The Bertz CT molecular complexity index is 487. The maximum atomic E-state index is 5.26. The number of hydrogen-bond acceptors (Lipinski definition) is 4. The van der Waals surface area contributed by atoms with Gasteiger partial charge in [0.25, 0.3) is 0 Å². The lowest BCUT2D eigenvalue weighted by Gasteiger charge is -2.14.